The molecular formula is C22H19NO3. The van der Waals surface area contributed by atoms with Gasteiger partial charge in [0.05, 0.1) is 12.7 Å². The number of benzene rings is 2. The Morgan fingerprint density at radius 1 is 0.962 bits per heavy atom. The number of ether oxygens (including phenoxy) is 2. The lowest BCUT2D eigenvalue weighted by Gasteiger charge is -2.08. The van der Waals surface area contributed by atoms with Gasteiger partial charge in [-0.2, -0.15) is 0 Å². The van der Waals surface area contributed by atoms with Gasteiger partial charge in [0.1, 0.15) is 18.1 Å². The fourth-order valence-electron chi connectivity index (χ4n) is 2.41. The van der Waals surface area contributed by atoms with E-state index in [9.17, 15) is 4.79 Å². The van der Waals surface area contributed by atoms with E-state index >= 15 is 0 Å². The van der Waals surface area contributed by atoms with Crippen LogP contribution in [0.1, 0.15) is 27.2 Å². The normalized spacial score (nSPS) is 10.7. The lowest BCUT2D eigenvalue weighted by Crippen LogP contribution is -2.00. The molecule has 0 spiro atoms. The molecule has 0 N–H and O–H groups in total. The first-order chi connectivity index (χ1) is 12.8. The topological polar surface area (TPSA) is 48.4 Å². The van der Waals surface area contributed by atoms with Crippen LogP contribution in [0.25, 0.3) is 12.2 Å². The summed E-state index contributed by atoms with van der Waals surface area (Å²) < 4.78 is 10.6. The molecule has 0 radical (unpaired) electrons. The predicted octanol–water partition coefficient (Wildman–Crippen LogP) is 4.62. The molecule has 1 aromatic heterocycles. The van der Waals surface area contributed by atoms with E-state index in [4.69, 9.17) is 9.47 Å². The van der Waals surface area contributed by atoms with Gasteiger partial charge in [-0.1, -0.05) is 48.5 Å². The van der Waals surface area contributed by atoms with Crippen molar-refractivity contribution < 1.29 is 14.3 Å². The van der Waals surface area contributed by atoms with E-state index in [0.717, 1.165) is 22.6 Å². The zero-order valence-electron chi connectivity index (χ0n) is 14.5. The Labute approximate surface area is 152 Å². The lowest BCUT2D eigenvalue weighted by molar-refractivity contribution is 0.0600. The van der Waals surface area contributed by atoms with Crippen molar-refractivity contribution in [2.75, 3.05) is 7.11 Å². The molecule has 130 valence electrons. The van der Waals surface area contributed by atoms with Crippen LogP contribution < -0.4 is 4.74 Å². The Hall–Kier alpha value is -3.40. The van der Waals surface area contributed by atoms with Gasteiger partial charge in [-0.3, -0.25) is 4.98 Å². The van der Waals surface area contributed by atoms with Gasteiger partial charge in [-0.05, 0) is 41.5 Å². The number of nitrogens with zero attached hydrogens (tertiary/aromatic N) is 1. The van der Waals surface area contributed by atoms with E-state index in [2.05, 4.69) is 4.98 Å². The minimum atomic E-state index is -0.346. The molecule has 0 fully saturated rings. The molecule has 0 saturated heterocycles. The molecule has 0 aliphatic heterocycles. The molecule has 4 heteroatoms. The molecule has 0 bridgehead atoms. The Balaban J connectivity index is 1.71. The molecule has 3 aromatic rings. The van der Waals surface area contributed by atoms with Crippen LogP contribution in [0.15, 0.2) is 72.9 Å². The zero-order valence-corrected chi connectivity index (χ0v) is 14.5. The third kappa shape index (κ3) is 4.57. The molecule has 0 saturated carbocycles. The van der Waals surface area contributed by atoms with Crippen molar-refractivity contribution in [1.29, 1.82) is 0 Å². The lowest BCUT2D eigenvalue weighted by atomic mass is 10.1. The van der Waals surface area contributed by atoms with Crippen LogP contribution in [0.3, 0.4) is 0 Å². The van der Waals surface area contributed by atoms with Gasteiger partial charge >= 0.3 is 5.97 Å². The summed E-state index contributed by atoms with van der Waals surface area (Å²) in [4.78, 5) is 15.9. The second-order valence-electron chi connectivity index (χ2n) is 5.61. The second-order valence-corrected chi connectivity index (χ2v) is 5.61. The first kappa shape index (κ1) is 17.4. The highest BCUT2D eigenvalue weighted by molar-refractivity contribution is 5.89. The summed E-state index contributed by atoms with van der Waals surface area (Å²) in [6.07, 6.45) is 5.56. The van der Waals surface area contributed by atoms with Crippen LogP contribution in [-0.2, 0) is 11.3 Å². The Morgan fingerprint density at radius 3 is 2.46 bits per heavy atom. The molecule has 1 heterocycles. The zero-order chi connectivity index (χ0) is 18.2. The van der Waals surface area contributed by atoms with Gasteiger partial charge in [-0.15, -0.1) is 0 Å². The van der Waals surface area contributed by atoms with Gasteiger partial charge in [-0.25, -0.2) is 4.79 Å². The van der Waals surface area contributed by atoms with Crippen molar-refractivity contribution in [2.45, 2.75) is 6.61 Å². The standard InChI is InChI=1S/C22H19NO3/c1-25-22(24)19-12-9-17(10-13-19)11-14-20-21(8-5-15-23-20)26-16-18-6-3-2-4-7-18/h2-15H,16H2,1H3/b14-11-. The van der Waals surface area contributed by atoms with Crippen LogP contribution in [-0.4, -0.2) is 18.1 Å². The average molecular weight is 345 g/mol. The third-order valence-electron chi connectivity index (χ3n) is 3.80. The Bertz CT molecular complexity index is 887. The summed E-state index contributed by atoms with van der Waals surface area (Å²) in [7, 11) is 1.37. The average Bonchev–Trinajstić information content (AvgIpc) is 2.72. The quantitative estimate of drug-likeness (QED) is 0.612. The van der Waals surface area contributed by atoms with Gasteiger partial charge in [0.25, 0.3) is 0 Å². The number of carbonyl (C=O) groups excluding carboxylic acids is 1. The molecule has 0 aliphatic rings. The van der Waals surface area contributed by atoms with E-state index in [0.29, 0.717) is 12.2 Å². The van der Waals surface area contributed by atoms with Gasteiger partial charge in [0, 0.05) is 6.20 Å². The predicted molar refractivity (Wildman–Crippen MR) is 102 cm³/mol. The fourth-order valence-corrected chi connectivity index (χ4v) is 2.41. The third-order valence-corrected chi connectivity index (χ3v) is 3.80. The first-order valence-electron chi connectivity index (χ1n) is 8.24. The van der Waals surface area contributed by atoms with Crippen molar-refractivity contribution in [2.24, 2.45) is 0 Å². The van der Waals surface area contributed by atoms with Crippen molar-refractivity contribution in [3.8, 4) is 5.75 Å². The summed E-state index contributed by atoms with van der Waals surface area (Å²) in [5.74, 6) is 0.376. The smallest absolute Gasteiger partial charge is 0.337 e. The molecule has 3 rings (SSSR count). The van der Waals surface area contributed by atoms with Gasteiger partial charge in [0.15, 0.2) is 0 Å². The van der Waals surface area contributed by atoms with E-state index in [1.165, 1.54) is 7.11 Å². The van der Waals surface area contributed by atoms with E-state index < -0.39 is 0 Å². The number of aromatic nitrogens is 1. The highest BCUT2D eigenvalue weighted by atomic mass is 16.5. The molecule has 4 nitrogen and oxygen atoms in total. The minimum Gasteiger partial charge on any atom is -0.487 e. The highest BCUT2D eigenvalue weighted by Gasteiger charge is 2.04. The summed E-state index contributed by atoms with van der Waals surface area (Å²) in [6, 6.07) is 20.9. The summed E-state index contributed by atoms with van der Waals surface area (Å²) in [5.41, 5.74) is 3.33. The maximum absolute atomic E-state index is 11.5. The molecular weight excluding hydrogens is 326 g/mol. The number of esters is 1. The van der Waals surface area contributed by atoms with Crippen LogP contribution in [0.4, 0.5) is 0 Å². The molecule has 26 heavy (non-hydrogen) atoms. The molecule has 0 unspecified atom stereocenters. The van der Waals surface area contributed by atoms with Crippen molar-refractivity contribution >= 4 is 18.1 Å². The number of hydrogen-bond acceptors (Lipinski definition) is 4. The largest absolute Gasteiger partial charge is 0.487 e. The molecule has 0 aliphatic carbocycles. The minimum absolute atomic E-state index is 0.346. The number of hydrogen-bond donors (Lipinski definition) is 0. The van der Waals surface area contributed by atoms with E-state index in [1.54, 1.807) is 18.3 Å². The number of methoxy groups -OCH3 is 1. The Morgan fingerprint density at radius 2 is 1.73 bits per heavy atom. The monoisotopic (exact) mass is 345 g/mol. The maximum Gasteiger partial charge on any atom is 0.337 e. The van der Waals surface area contributed by atoms with Crippen molar-refractivity contribution in [3.63, 3.8) is 0 Å². The van der Waals surface area contributed by atoms with Crippen molar-refractivity contribution in [1.82, 2.24) is 4.98 Å². The molecule has 2 aromatic carbocycles. The van der Waals surface area contributed by atoms with Crippen LogP contribution in [0, 0.1) is 0 Å². The molecule has 0 amide bonds. The SMILES string of the molecule is COC(=O)c1ccc(/C=C\c2ncccc2OCc2ccccc2)cc1. The number of pyridine rings is 1. The van der Waals surface area contributed by atoms with Gasteiger partial charge in [0.2, 0.25) is 0 Å². The summed E-state index contributed by atoms with van der Waals surface area (Å²) in [5, 5.41) is 0. The van der Waals surface area contributed by atoms with E-state index in [1.807, 2.05) is 66.7 Å². The van der Waals surface area contributed by atoms with Crippen molar-refractivity contribution in [3.05, 3.63) is 95.3 Å². The maximum atomic E-state index is 11.5. The highest BCUT2D eigenvalue weighted by Crippen LogP contribution is 2.20. The number of carbonyl (C=O) groups is 1. The Kier molecular flexibility index (Phi) is 5.78. The second kappa shape index (κ2) is 8.62. The number of rotatable bonds is 6. The van der Waals surface area contributed by atoms with Gasteiger partial charge < -0.3 is 9.47 Å². The summed E-state index contributed by atoms with van der Waals surface area (Å²) >= 11 is 0. The fraction of sp³-hybridized carbons (Fsp3) is 0.0909. The van der Waals surface area contributed by atoms with Crippen LogP contribution in [0.2, 0.25) is 0 Å². The first-order valence-corrected chi connectivity index (χ1v) is 8.24. The van der Waals surface area contributed by atoms with E-state index in [-0.39, 0.29) is 5.97 Å². The summed E-state index contributed by atoms with van der Waals surface area (Å²) in [6.45, 7) is 0.487. The molecule has 0 atom stereocenters. The van der Waals surface area contributed by atoms with Crippen LogP contribution in [0.5, 0.6) is 5.75 Å². The van der Waals surface area contributed by atoms with Crippen LogP contribution >= 0.6 is 0 Å².